The van der Waals surface area contributed by atoms with Crippen molar-refractivity contribution in [3.05, 3.63) is 29.3 Å². The van der Waals surface area contributed by atoms with Gasteiger partial charge in [-0.15, -0.1) is 0 Å². The summed E-state index contributed by atoms with van der Waals surface area (Å²) in [5.74, 6) is 0.856. The van der Waals surface area contributed by atoms with Crippen LogP contribution in [0, 0.1) is 13.8 Å². The van der Waals surface area contributed by atoms with E-state index in [0.29, 0.717) is 6.54 Å². The average Bonchev–Trinajstić information content (AvgIpc) is 2.46. The smallest absolute Gasteiger partial charge is 0.125 e. The molecule has 0 spiro atoms. The Hall–Kier alpha value is -1.10. The highest BCUT2D eigenvalue weighted by molar-refractivity contribution is 5.39. The van der Waals surface area contributed by atoms with Crippen LogP contribution >= 0.6 is 0 Å². The summed E-state index contributed by atoms with van der Waals surface area (Å²) in [5.41, 5.74) is 2.16. The van der Waals surface area contributed by atoms with Crippen LogP contribution in [0.5, 0.6) is 5.75 Å². The second-order valence-corrected chi connectivity index (χ2v) is 6.05. The first-order valence-electron chi connectivity index (χ1n) is 7.86. The van der Waals surface area contributed by atoms with Crippen molar-refractivity contribution < 1.29 is 14.9 Å². The van der Waals surface area contributed by atoms with Crippen LogP contribution in [0.3, 0.4) is 0 Å². The molecule has 1 aliphatic rings. The van der Waals surface area contributed by atoms with Gasteiger partial charge in [-0.05, 0) is 37.8 Å². The maximum atomic E-state index is 10.0. The Bertz CT molecular complexity index is 429. The molecule has 0 amide bonds. The standard InChI is InChI=1S/C17H27NO3/c1-12-6-5-7-13(2)17(12)21-11-14(19)10-18-15-8-3-4-9-16(15)20/h5-7,14-16,18-20H,3-4,8-11H2,1-2H3. The third-order valence-electron chi connectivity index (χ3n) is 4.17. The van der Waals surface area contributed by atoms with Crippen molar-refractivity contribution in [3.63, 3.8) is 0 Å². The molecule has 0 radical (unpaired) electrons. The van der Waals surface area contributed by atoms with Gasteiger partial charge in [-0.3, -0.25) is 0 Å². The van der Waals surface area contributed by atoms with Gasteiger partial charge in [0.05, 0.1) is 6.10 Å². The molecule has 4 nitrogen and oxygen atoms in total. The molecular weight excluding hydrogens is 266 g/mol. The van der Waals surface area contributed by atoms with E-state index in [-0.39, 0.29) is 18.8 Å². The van der Waals surface area contributed by atoms with Crippen LogP contribution in [0.25, 0.3) is 0 Å². The summed E-state index contributed by atoms with van der Waals surface area (Å²) >= 11 is 0. The number of aliphatic hydroxyl groups is 2. The molecule has 1 aromatic rings. The SMILES string of the molecule is Cc1cccc(C)c1OCC(O)CNC1CCCCC1O. The first-order chi connectivity index (χ1) is 10.1. The molecule has 1 fully saturated rings. The van der Waals surface area contributed by atoms with E-state index in [2.05, 4.69) is 5.32 Å². The molecule has 0 aliphatic heterocycles. The lowest BCUT2D eigenvalue weighted by molar-refractivity contribution is 0.0671. The van der Waals surface area contributed by atoms with E-state index in [0.717, 1.165) is 42.6 Å². The average molecular weight is 293 g/mol. The second kappa shape index (κ2) is 7.78. The van der Waals surface area contributed by atoms with Gasteiger partial charge in [-0.25, -0.2) is 0 Å². The van der Waals surface area contributed by atoms with E-state index in [4.69, 9.17) is 4.74 Å². The van der Waals surface area contributed by atoms with Gasteiger partial charge < -0.3 is 20.3 Å². The number of aryl methyl sites for hydroxylation is 2. The van der Waals surface area contributed by atoms with Crippen LogP contribution in [-0.4, -0.2) is 41.6 Å². The number of hydrogen-bond acceptors (Lipinski definition) is 4. The molecule has 1 saturated carbocycles. The molecule has 1 aliphatic carbocycles. The molecule has 1 aromatic carbocycles. The van der Waals surface area contributed by atoms with Gasteiger partial charge in [0.25, 0.3) is 0 Å². The van der Waals surface area contributed by atoms with Crippen molar-refractivity contribution in [1.82, 2.24) is 5.32 Å². The molecule has 0 bridgehead atoms. The summed E-state index contributed by atoms with van der Waals surface area (Å²) in [6.45, 7) is 4.73. The largest absolute Gasteiger partial charge is 0.490 e. The highest BCUT2D eigenvalue weighted by Crippen LogP contribution is 2.22. The van der Waals surface area contributed by atoms with E-state index in [1.807, 2.05) is 32.0 Å². The van der Waals surface area contributed by atoms with E-state index >= 15 is 0 Å². The predicted molar refractivity (Wildman–Crippen MR) is 83.7 cm³/mol. The molecular formula is C17H27NO3. The zero-order chi connectivity index (χ0) is 15.2. The molecule has 0 heterocycles. The fraction of sp³-hybridized carbons (Fsp3) is 0.647. The number of ether oxygens (including phenoxy) is 1. The number of aliphatic hydroxyl groups excluding tert-OH is 2. The predicted octanol–water partition coefficient (Wildman–Crippen LogP) is 1.94. The van der Waals surface area contributed by atoms with Crippen molar-refractivity contribution in [2.45, 2.75) is 57.8 Å². The van der Waals surface area contributed by atoms with Crippen molar-refractivity contribution in [2.24, 2.45) is 0 Å². The number of benzene rings is 1. The molecule has 4 heteroatoms. The highest BCUT2D eigenvalue weighted by Gasteiger charge is 2.23. The Balaban J connectivity index is 1.76. The van der Waals surface area contributed by atoms with Gasteiger partial charge in [0, 0.05) is 12.6 Å². The van der Waals surface area contributed by atoms with E-state index in [1.54, 1.807) is 0 Å². The van der Waals surface area contributed by atoms with Gasteiger partial charge >= 0.3 is 0 Å². The Morgan fingerprint density at radius 2 is 1.90 bits per heavy atom. The first-order valence-corrected chi connectivity index (χ1v) is 7.86. The summed E-state index contributed by atoms with van der Waals surface area (Å²) in [6, 6.07) is 6.12. The maximum absolute atomic E-state index is 10.0. The fourth-order valence-electron chi connectivity index (χ4n) is 2.90. The Morgan fingerprint density at radius 3 is 2.57 bits per heavy atom. The van der Waals surface area contributed by atoms with Crippen LogP contribution in [0.1, 0.15) is 36.8 Å². The number of rotatable bonds is 6. The minimum Gasteiger partial charge on any atom is -0.490 e. The number of hydrogen-bond donors (Lipinski definition) is 3. The second-order valence-electron chi connectivity index (χ2n) is 6.05. The van der Waals surface area contributed by atoms with Crippen LogP contribution in [0.2, 0.25) is 0 Å². The van der Waals surface area contributed by atoms with Gasteiger partial charge in [0.15, 0.2) is 0 Å². The summed E-state index contributed by atoms with van der Waals surface area (Å²) < 4.78 is 5.74. The van der Waals surface area contributed by atoms with Crippen LogP contribution in [-0.2, 0) is 0 Å². The molecule has 3 atom stereocenters. The number of nitrogens with one attached hydrogen (secondary N) is 1. The summed E-state index contributed by atoms with van der Waals surface area (Å²) in [6.07, 6.45) is 3.21. The third-order valence-corrected chi connectivity index (χ3v) is 4.17. The van der Waals surface area contributed by atoms with Crippen molar-refractivity contribution >= 4 is 0 Å². The summed E-state index contributed by atoms with van der Waals surface area (Å²) in [7, 11) is 0. The lowest BCUT2D eigenvalue weighted by atomic mass is 9.92. The van der Waals surface area contributed by atoms with E-state index < -0.39 is 6.10 Å². The monoisotopic (exact) mass is 293 g/mol. The first kappa shape index (κ1) is 16.3. The summed E-state index contributed by atoms with van der Waals surface area (Å²) in [5, 5.41) is 23.2. The topological polar surface area (TPSA) is 61.7 Å². The zero-order valence-corrected chi connectivity index (χ0v) is 13.0. The lowest BCUT2D eigenvalue weighted by Crippen LogP contribution is -2.46. The van der Waals surface area contributed by atoms with Gasteiger partial charge in [0.2, 0.25) is 0 Å². The third kappa shape index (κ3) is 4.70. The minimum absolute atomic E-state index is 0.105. The van der Waals surface area contributed by atoms with Crippen molar-refractivity contribution in [3.8, 4) is 5.75 Å². The van der Waals surface area contributed by atoms with Gasteiger partial charge in [0.1, 0.15) is 18.5 Å². The fourth-order valence-corrected chi connectivity index (χ4v) is 2.90. The quantitative estimate of drug-likeness (QED) is 0.750. The van der Waals surface area contributed by atoms with Crippen molar-refractivity contribution in [1.29, 1.82) is 0 Å². The summed E-state index contributed by atoms with van der Waals surface area (Å²) in [4.78, 5) is 0. The van der Waals surface area contributed by atoms with Gasteiger partial charge in [-0.2, -0.15) is 0 Å². The minimum atomic E-state index is -0.571. The Morgan fingerprint density at radius 1 is 1.24 bits per heavy atom. The highest BCUT2D eigenvalue weighted by atomic mass is 16.5. The zero-order valence-electron chi connectivity index (χ0n) is 13.0. The van der Waals surface area contributed by atoms with Crippen LogP contribution in [0.4, 0.5) is 0 Å². The Kier molecular flexibility index (Phi) is 6.03. The normalized spacial score (nSPS) is 23.8. The molecule has 2 rings (SSSR count). The van der Waals surface area contributed by atoms with Gasteiger partial charge in [-0.1, -0.05) is 31.0 Å². The molecule has 21 heavy (non-hydrogen) atoms. The molecule has 0 aromatic heterocycles. The maximum Gasteiger partial charge on any atom is 0.125 e. The molecule has 118 valence electrons. The molecule has 3 N–H and O–H groups in total. The lowest BCUT2D eigenvalue weighted by Gasteiger charge is -2.29. The van der Waals surface area contributed by atoms with Crippen LogP contribution < -0.4 is 10.1 Å². The Labute approximate surface area is 127 Å². The van der Waals surface area contributed by atoms with Crippen LogP contribution in [0.15, 0.2) is 18.2 Å². The number of para-hydroxylation sites is 1. The molecule has 0 saturated heterocycles. The van der Waals surface area contributed by atoms with Crippen molar-refractivity contribution in [2.75, 3.05) is 13.2 Å². The molecule has 3 unspecified atom stereocenters. The van der Waals surface area contributed by atoms with E-state index in [1.165, 1.54) is 0 Å². The van der Waals surface area contributed by atoms with E-state index in [9.17, 15) is 10.2 Å².